The Balaban J connectivity index is 1.92. The van der Waals surface area contributed by atoms with Gasteiger partial charge >= 0.3 is 0 Å². The topological polar surface area (TPSA) is 66.6 Å². The van der Waals surface area contributed by atoms with E-state index in [1.807, 2.05) is 0 Å². The van der Waals surface area contributed by atoms with E-state index in [2.05, 4.69) is 0 Å². The van der Waals surface area contributed by atoms with Crippen molar-refractivity contribution in [2.24, 2.45) is 11.7 Å². The van der Waals surface area contributed by atoms with Crippen LogP contribution in [-0.2, 0) is 4.79 Å². The maximum Gasteiger partial charge on any atom is 0.242 e. The van der Waals surface area contributed by atoms with Crippen LogP contribution in [0, 0.1) is 5.92 Å². The first kappa shape index (κ1) is 8.97. The number of nitrogens with two attached hydrogens (primary N) is 1. The number of hydrogen-bond acceptors (Lipinski definition) is 3. The Labute approximate surface area is 77.7 Å². The highest BCUT2D eigenvalue weighted by molar-refractivity contribution is 5.89. The SMILES string of the molecule is NC1(C(=O)N2CCC(CO)C2)CC1. The largest absolute Gasteiger partial charge is 0.396 e. The summed E-state index contributed by atoms with van der Waals surface area (Å²) in [4.78, 5) is 13.5. The monoisotopic (exact) mass is 184 g/mol. The molecule has 2 aliphatic rings. The average Bonchev–Trinajstić information content (AvgIpc) is 2.71. The molecule has 1 aliphatic heterocycles. The van der Waals surface area contributed by atoms with Gasteiger partial charge < -0.3 is 15.7 Å². The zero-order valence-corrected chi connectivity index (χ0v) is 7.70. The molecule has 1 amide bonds. The van der Waals surface area contributed by atoms with Gasteiger partial charge in [-0.05, 0) is 19.3 Å². The Kier molecular flexibility index (Phi) is 2.04. The lowest BCUT2D eigenvalue weighted by Gasteiger charge is -2.19. The van der Waals surface area contributed by atoms with Crippen LogP contribution >= 0.6 is 0 Å². The molecule has 74 valence electrons. The van der Waals surface area contributed by atoms with Crippen molar-refractivity contribution in [2.75, 3.05) is 19.7 Å². The van der Waals surface area contributed by atoms with E-state index in [9.17, 15) is 4.79 Å². The van der Waals surface area contributed by atoms with Crippen LogP contribution in [0.4, 0.5) is 0 Å². The van der Waals surface area contributed by atoms with Crippen LogP contribution in [0.3, 0.4) is 0 Å². The molecule has 1 aliphatic carbocycles. The minimum atomic E-state index is -0.537. The molecule has 2 rings (SSSR count). The summed E-state index contributed by atoms with van der Waals surface area (Å²) in [6, 6.07) is 0. The Bertz CT molecular complexity index is 226. The van der Waals surface area contributed by atoms with Gasteiger partial charge in [0.05, 0.1) is 5.54 Å². The van der Waals surface area contributed by atoms with Gasteiger partial charge in [0.15, 0.2) is 0 Å². The van der Waals surface area contributed by atoms with Crippen molar-refractivity contribution in [3.05, 3.63) is 0 Å². The lowest BCUT2D eigenvalue weighted by Crippen LogP contribution is -2.44. The quantitative estimate of drug-likeness (QED) is 0.597. The number of rotatable bonds is 2. The molecule has 1 unspecified atom stereocenters. The second kappa shape index (κ2) is 2.96. The number of hydrogen-bond donors (Lipinski definition) is 2. The molecule has 2 fully saturated rings. The molecule has 0 aromatic rings. The summed E-state index contributed by atoms with van der Waals surface area (Å²) >= 11 is 0. The van der Waals surface area contributed by atoms with Gasteiger partial charge in [-0.15, -0.1) is 0 Å². The summed E-state index contributed by atoms with van der Waals surface area (Å²) in [5, 5.41) is 8.91. The smallest absolute Gasteiger partial charge is 0.242 e. The van der Waals surface area contributed by atoms with E-state index in [0.717, 1.165) is 25.8 Å². The van der Waals surface area contributed by atoms with E-state index in [4.69, 9.17) is 10.8 Å². The van der Waals surface area contributed by atoms with Crippen molar-refractivity contribution < 1.29 is 9.90 Å². The fourth-order valence-corrected chi connectivity index (χ4v) is 1.83. The zero-order chi connectivity index (χ0) is 9.47. The van der Waals surface area contributed by atoms with Gasteiger partial charge in [0, 0.05) is 25.6 Å². The standard InChI is InChI=1S/C9H16N2O2/c10-9(2-3-9)8(13)11-4-1-7(5-11)6-12/h7,12H,1-6,10H2. The normalized spacial score (nSPS) is 30.6. The first-order valence-corrected chi connectivity index (χ1v) is 4.85. The third-order valence-corrected chi connectivity index (χ3v) is 3.05. The number of aliphatic hydroxyl groups excluding tert-OH is 1. The van der Waals surface area contributed by atoms with E-state index < -0.39 is 5.54 Å². The first-order chi connectivity index (χ1) is 6.15. The Hall–Kier alpha value is -0.610. The van der Waals surface area contributed by atoms with E-state index in [1.165, 1.54) is 0 Å². The molecule has 1 atom stereocenters. The van der Waals surface area contributed by atoms with Crippen LogP contribution in [0.25, 0.3) is 0 Å². The third-order valence-electron chi connectivity index (χ3n) is 3.05. The van der Waals surface area contributed by atoms with Crippen LogP contribution in [0.15, 0.2) is 0 Å². The summed E-state index contributed by atoms with van der Waals surface area (Å²) in [6.45, 7) is 1.64. The highest BCUT2D eigenvalue weighted by Gasteiger charge is 2.49. The molecule has 0 radical (unpaired) electrons. The number of amides is 1. The molecule has 3 N–H and O–H groups in total. The molecule has 1 heterocycles. The Morgan fingerprint density at radius 1 is 1.62 bits per heavy atom. The Morgan fingerprint density at radius 2 is 2.31 bits per heavy atom. The minimum Gasteiger partial charge on any atom is -0.396 e. The van der Waals surface area contributed by atoms with E-state index >= 15 is 0 Å². The molecule has 0 aromatic carbocycles. The van der Waals surface area contributed by atoms with Crippen molar-refractivity contribution in [1.82, 2.24) is 4.90 Å². The number of carbonyl (C=O) groups is 1. The lowest BCUT2D eigenvalue weighted by atomic mass is 10.1. The van der Waals surface area contributed by atoms with Crippen LogP contribution in [0.5, 0.6) is 0 Å². The molecule has 1 saturated heterocycles. The van der Waals surface area contributed by atoms with Crippen molar-refractivity contribution in [3.8, 4) is 0 Å². The fourth-order valence-electron chi connectivity index (χ4n) is 1.83. The van der Waals surface area contributed by atoms with E-state index in [0.29, 0.717) is 6.54 Å². The molecule has 1 saturated carbocycles. The fraction of sp³-hybridized carbons (Fsp3) is 0.889. The average molecular weight is 184 g/mol. The van der Waals surface area contributed by atoms with Crippen LogP contribution in [-0.4, -0.2) is 41.1 Å². The predicted molar refractivity (Wildman–Crippen MR) is 47.9 cm³/mol. The second-order valence-electron chi connectivity index (χ2n) is 4.24. The molecule has 13 heavy (non-hydrogen) atoms. The van der Waals surface area contributed by atoms with Crippen molar-refractivity contribution in [2.45, 2.75) is 24.8 Å². The molecule has 0 aromatic heterocycles. The summed E-state index contributed by atoms with van der Waals surface area (Å²) < 4.78 is 0. The number of aliphatic hydroxyl groups is 1. The zero-order valence-electron chi connectivity index (χ0n) is 7.70. The third kappa shape index (κ3) is 1.56. The van der Waals surface area contributed by atoms with E-state index in [1.54, 1.807) is 4.90 Å². The summed E-state index contributed by atoms with van der Waals surface area (Å²) in [7, 11) is 0. The number of likely N-dealkylation sites (tertiary alicyclic amines) is 1. The summed E-state index contributed by atoms with van der Waals surface area (Å²) in [5.74, 6) is 0.356. The van der Waals surface area contributed by atoms with E-state index in [-0.39, 0.29) is 18.4 Å². The van der Waals surface area contributed by atoms with Crippen molar-refractivity contribution in [3.63, 3.8) is 0 Å². The van der Waals surface area contributed by atoms with Crippen LogP contribution < -0.4 is 5.73 Å². The van der Waals surface area contributed by atoms with Crippen molar-refractivity contribution in [1.29, 1.82) is 0 Å². The minimum absolute atomic E-state index is 0.0865. The molecular weight excluding hydrogens is 168 g/mol. The van der Waals surface area contributed by atoms with Gasteiger partial charge in [0.25, 0.3) is 0 Å². The highest BCUT2D eigenvalue weighted by Crippen LogP contribution is 2.35. The summed E-state index contributed by atoms with van der Waals surface area (Å²) in [6.07, 6.45) is 2.57. The van der Waals surface area contributed by atoms with Crippen molar-refractivity contribution >= 4 is 5.91 Å². The number of nitrogens with zero attached hydrogens (tertiary/aromatic N) is 1. The molecule has 4 heteroatoms. The highest BCUT2D eigenvalue weighted by atomic mass is 16.3. The van der Waals surface area contributed by atoms with Gasteiger partial charge in [-0.3, -0.25) is 4.79 Å². The summed E-state index contributed by atoms with van der Waals surface area (Å²) in [5.41, 5.74) is 5.27. The van der Waals surface area contributed by atoms with Gasteiger partial charge in [-0.2, -0.15) is 0 Å². The molecule has 0 spiro atoms. The lowest BCUT2D eigenvalue weighted by molar-refractivity contribution is -0.132. The van der Waals surface area contributed by atoms with Crippen LogP contribution in [0.2, 0.25) is 0 Å². The maximum absolute atomic E-state index is 11.7. The molecule has 4 nitrogen and oxygen atoms in total. The maximum atomic E-state index is 11.7. The molecular formula is C9H16N2O2. The number of carbonyl (C=O) groups excluding carboxylic acids is 1. The second-order valence-corrected chi connectivity index (χ2v) is 4.24. The molecule has 0 bridgehead atoms. The van der Waals surface area contributed by atoms with Gasteiger partial charge in [0.1, 0.15) is 0 Å². The predicted octanol–water partition coefficient (Wildman–Crippen LogP) is -0.682. The van der Waals surface area contributed by atoms with Gasteiger partial charge in [0.2, 0.25) is 5.91 Å². The first-order valence-electron chi connectivity index (χ1n) is 4.85. The Morgan fingerprint density at radius 3 is 2.77 bits per heavy atom. The van der Waals surface area contributed by atoms with Gasteiger partial charge in [-0.1, -0.05) is 0 Å². The van der Waals surface area contributed by atoms with Gasteiger partial charge in [-0.25, -0.2) is 0 Å². The van der Waals surface area contributed by atoms with Crippen LogP contribution in [0.1, 0.15) is 19.3 Å².